The van der Waals surface area contributed by atoms with Crippen molar-refractivity contribution in [2.24, 2.45) is 50.7 Å². The zero-order valence-electron chi connectivity index (χ0n) is 23.9. The molecule has 0 saturated heterocycles. The average molecular weight is 514 g/mol. The number of hydrogen-bond acceptors (Lipinski definition) is 5. The van der Waals surface area contributed by atoms with Gasteiger partial charge in [0.05, 0.1) is 0 Å². The Labute approximate surface area is 222 Å². The van der Waals surface area contributed by atoms with Crippen molar-refractivity contribution in [3.05, 3.63) is 11.6 Å². The lowest BCUT2D eigenvalue weighted by Gasteiger charge is -2.69. The molecule has 1 amide bonds. The molecule has 0 aliphatic heterocycles. The van der Waals surface area contributed by atoms with Gasteiger partial charge in [0.1, 0.15) is 6.10 Å². The largest absolute Gasteiger partial charge is 0.462 e. The molecule has 4 fully saturated rings. The van der Waals surface area contributed by atoms with Gasteiger partial charge in [-0.15, -0.1) is 0 Å². The number of nitrogens with one attached hydrogen (secondary N) is 1. The third kappa shape index (κ3) is 3.56. The summed E-state index contributed by atoms with van der Waals surface area (Å²) in [5, 5.41) is 9.46. The molecule has 0 aromatic carbocycles. The number of hydroxylamine groups is 1. The molecule has 6 heteroatoms. The second-order valence-electron chi connectivity index (χ2n) is 14.8. The van der Waals surface area contributed by atoms with Gasteiger partial charge in [0.15, 0.2) is 5.78 Å². The van der Waals surface area contributed by atoms with E-state index in [1.807, 2.05) is 18.5 Å². The summed E-state index contributed by atoms with van der Waals surface area (Å²) in [5.41, 5.74) is 2.26. The topological polar surface area (TPSA) is 92.7 Å². The Bertz CT molecular complexity index is 1050. The molecule has 37 heavy (non-hydrogen) atoms. The molecule has 2 N–H and O–H groups in total. The van der Waals surface area contributed by atoms with Crippen molar-refractivity contribution in [2.45, 2.75) is 112 Å². The van der Waals surface area contributed by atoms with Crippen molar-refractivity contribution < 1.29 is 24.3 Å². The van der Waals surface area contributed by atoms with Crippen LogP contribution in [-0.4, -0.2) is 29.0 Å². The van der Waals surface area contributed by atoms with E-state index in [9.17, 15) is 19.6 Å². The number of carbonyl (C=O) groups is 3. The number of amides is 1. The molecule has 0 aromatic rings. The smallest absolute Gasteiger partial charge is 0.302 e. The highest BCUT2D eigenvalue weighted by atomic mass is 16.5. The monoisotopic (exact) mass is 513 g/mol. The maximum Gasteiger partial charge on any atom is 0.302 e. The minimum absolute atomic E-state index is 0.0479. The van der Waals surface area contributed by atoms with Crippen molar-refractivity contribution in [1.29, 1.82) is 0 Å². The van der Waals surface area contributed by atoms with Crippen LogP contribution in [0.3, 0.4) is 0 Å². The van der Waals surface area contributed by atoms with Crippen molar-refractivity contribution >= 4 is 17.7 Å². The molecule has 4 saturated carbocycles. The summed E-state index contributed by atoms with van der Waals surface area (Å²) in [6.07, 6.45) is 10.2. The van der Waals surface area contributed by atoms with E-state index < -0.39 is 5.41 Å². The molecule has 0 radical (unpaired) electrons. The third-order valence-electron chi connectivity index (χ3n) is 13.1. The molecular weight excluding hydrogens is 466 g/mol. The molecule has 0 bridgehead atoms. The lowest BCUT2D eigenvalue weighted by Crippen LogP contribution is -2.65. The second-order valence-corrected chi connectivity index (χ2v) is 14.8. The summed E-state index contributed by atoms with van der Waals surface area (Å²) in [6, 6.07) is 0. The van der Waals surface area contributed by atoms with E-state index in [1.165, 1.54) is 12.5 Å². The normalized spacial score (nSPS) is 51.0. The van der Waals surface area contributed by atoms with Crippen molar-refractivity contribution in [2.75, 3.05) is 0 Å². The van der Waals surface area contributed by atoms with E-state index in [-0.39, 0.29) is 63.2 Å². The van der Waals surface area contributed by atoms with Crippen LogP contribution in [-0.2, 0) is 19.1 Å². The van der Waals surface area contributed by atoms with E-state index in [0.29, 0.717) is 12.3 Å². The Balaban J connectivity index is 1.55. The van der Waals surface area contributed by atoms with Crippen LogP contribution in [0.4, 0.5) is 0 Å². The van der Waals surface area contributed by atoms with E-state index >= 15 is 0 Å². The first-order valence-corrected chi connectivity index (χ1v) is 14.5. The van der Waals surface area contributed by atoms with E-state index in [1.54, 1.807) is 0 Å². The maximum atomic E-state index is 14.3. The summed E-state index contributed by atoms with van der Waals surface area (Å²) in [7, 11) is 0. The summed E-state index contributed by atoms with van der Waals surface area (Å²) >= 11 is 0. The molecule has 206 valence electrons. The van der Waals surface area contributed by atoms with Gasteiger partial charge in [0.25, 0.3) is 0 Å². The molecule has 3 unspecified atom stereocenters. The quantitative estimate of drug-likeness (QED) is 0.268. The standard InChI is InChI=1S/C31H47NO5/c1-18-20-8-11-31(7)25(29(20,5)10-9-24(18)37-19(2)33)23(34)16-21-22-17-28(4,26(35)32-36)13-12-27(22,3)14-15-30(21,31)6/h16,18,20,22,24-25,36H,8-15,17H2,1-7H3,(H,32,35)/t18-,20?,22?,24+,25?,27-,28+,29+,30-,31-/m1/s1. The van der Waals surface area contributed by atoms with Crippen LogP contribution in [0.25, 0.3) is 0 Å². The van der Waals surface area contributed by atoms with Crippen LogP contribution in [0.5, 0.6) is 0 Å². The van der Waals surface area contributed by atoms with Gasteiger partial charge in [0.2, 0.25) is 5.91 Å². The van der Waals surface area contributed by atoms with Gasteiger partial charge in [-0.25, -0.2) is 5.48 Å². The Morgan fingerprint density at radius 3 is 2.32 bits per heavy atom. The van der Waals surface area contributed by atoms with Crippen LogP contribution in [0, 0.1) is 50.7 Å². The number of carbonyl (C=O) groups excluding carboxylic acids is 3. The molecule has 10 atom stereocenters. The van der Waals surface area contributed by atoms with Gasteiger partial charge in [0, 0.05) is 18.3 Å². The lowest BCUT2D eigenvalue weighted by atomic mass is 9.34. The maximum absolute atomic E-state index is 14.3. The van der Waals surface area contributed by atoms with Gasteiger partial charge < -0.3 is 4.74 Å². The highest BCUT2D eigenvalue weighted by Crippen LogP contribution is 2.74. The number of ketones is 1. The van der Waals surface area contributed by atoms with Crippen LogP contribution in [0.15, 0.2) is 11.6 Å². The van der Waals surface area contributed by atoms with Gasteiger partial charge in [-0.2, -0.15) is 0 Å². The Kier molecular flexibility index (Phi) is 6.11. The van der Waals surface area contributed by atoms with Gasteiger partial charge in [-0.3, -0.25) is 19.6 Å². The first-order valence-electron chi connectivity index (χ1n) is 14.5. The van der Waals surface area contributed by atoms with Crippen molar-refractivity contribution in [3.8, 4) is 0 Å². The highest BCUT2D eigenvalue weighted by Gasteiger charge is 2.69. The Morgan fingerprint density at radius 2 is 1.68 bits per heavy atom. The molecule has 0 heterocycles. The number of rotatable bonds is 2. The molecule has 6 nitrogen and oxygen atoms in total. The Hall–Kier alpha value is -1.69. The van der Waals surface area contributed by atoms with E-state index in [4.69, 9.17) is 4.74 Å². The molecule has 5 rings (SSSR count). The van der Waals surface area contributed by atoms with Gasteiger partial charge in [-0.05, 0) is 103 Å². The predicted molar refractivity (Wildman–Crippen MR) is 140 cm³/mol. The predicted octanol–water partition coefficient (Wildman–Crippen LogP) is 6.01. The first-order chi connectivity index (χ1) is 17.2. The second kappa shape index (κ2) is 8.40. The summed E-state index contributed by atoms with van der Waals surface area (Å²) in [6.45, 7) is 15.2. The lowest BCUT2D eigenvalue weighted by molar-refractivity contribution is -0.192. The van der Waals surface area contributed by atoms with Crippen molar-refractivity contribution in [1.82, 2.24) is 5.48 Å². The molecule has 0 aromatic heterocycles. The fourth-order valence-electron chi connectivity index (χ4n) is 10.5. The number of ether oxygens (including phenoxy) is 1. The van der Waals surface area contributed by atoms with E-state index in [0.717, 1.165) is 51.4 Å². The number of allylic oxidation sites excluding steroid dienone is 2. The molecule has 0 spiro atoms. The van der Waals surface area contributed by atoms with Crippen LogP contribution >= 0.6 is 0 Å². The van der Waals surface area contributed by atoms with E-state index in [2.05, 4.69) is 34.6 Å². The zero-order chi connectivity index (χ0) is 27.2. The number of hydrogen-bond donors (Lipinski definition) is 2. The highest BCUT2D eigenvalue weighted by molar-refractivity contribution is 5.95. The molecule has 5 aliphatic carbocycles. The van der Waals surface area contributed by atoms with Gasteiger partial charge in [-0.1, -0.05) is 47.1 Å². The summed E-state index contributed by atoms with van der Waals surface area (Å²) in [4.78, 5) is 38.8. The average Bonchev–Trinajstić information content (AvgIpc) is 2.82. The zero-order valence-corrected chi connectivity index (χ0v) is 23.9. The molecular formula is C31H47NO5. The third-order valence-corrected chi connectivity index (χ3v) is 13.1. The SMILES string of the molecule is CC(=O)O[C@H]1CC[C@@]2(C)C(CC[C@]3(C)C2C(=O)C=C2C4C[C@@](C)(C(=O)NO)CC[C@]4(C)CC[C@]23C)[C@H]1C. The first kappa shape index (κ1) is 26.9. The van der Waals surface area contributed by atoms with Gasteiger partial charge >= 0.3 is 5.97 Å². The summed E-state index contributed by atoms with van der Waals surface area (Å²) < 4.78 is 5.72. The summed E-state index contributed by atoms with van der Waals surface area (Å²) in [5.74, 6) is 0.454. The van der Waals surface area contributed by atoms with Crippen molar-refractivity contribution in [3.63, 3.8) is 0 Å². The number of esters is 1. The minimum atomic E-state index is -0.632. The number of fused-ring (bicyclic) bond motifs is 7. The molecule has 5 aliphatic rings. The fourth-order valence-corrected chi connectivity index (χ4v) is 10.5. The van der Waals surface area contributed by atoms with Crippen LogP contribution < -0.4 is 5.48 Å². The fraction of sp³-hybridized carbons (Fsp3) is 0.839. The van der Waals surface area contributed by atoms with Crippen LogP contribution in [0.1, 0.15) is 106 Å². The Morgan fingerprint density at radius 1 is 1.00 bits per heavy atom. The minimum Gasteiger partial charge on any atom is -0.462 e. The van der Waals surface area contributed by atoms with Crippen LogP contribution in [0.2, 0.25) is 0 Å².